The van der Waals surface area contributed by atoms with Gasteiger partial charge in [-0.1, -0.05) is 66.8 Å². The van der Waals surface area contributed by atoms with Crippen LogP contribution in [0.15, 0.2) is 79.4 Å². The van der Waals surface area contributed by atoms with Crippen LogP contribution in [0.25, 0.3) is 21.9 Å². The molecule has 0 bridgehead atoms. The normalized spacial score (nSPS) is 11.3. The second-order valence-electron chi connectivity index (χ2n) is 6.61. The van der Waals surface area contributed by atoms with Crippen LogP contribution in [0.1, 0.15) is 30.9 Å². The molecule has 3 aromatic rings. The molecular formula is C25H25F. The van der Waals surface area contributed by atoms with E-state index in [0.29, 0.717) is 5.39 Å². The van der Waals surface area contributed by atoms with Crippen molar-refractivity contribution in [2.24, 2.45) is 0 Å². The monoisotopic (exact) mass is 344 g/mol. The number of hydrogen-bond donors (Lipinski definition) is 0. The lowest BCUT2D eigenvalue weighted by atomic mass is 9.97. The first kappa shape index (κ1) is 18.1. The summed E-state index contributed by atoms with van der Waals surface area (Å²) in [6, 6.07) is 18.6. The van der Waals surface area contributed by atoms with Gasteiger partial charge in [0.2, 0.25) is 0 Å². The van der Waals surface area contributed by atoms with Gasteiger partial charge in [0.15, 0.2) is 0 Å². The number of rotatable bonds is 7. The Morgan fingerprint density at radius 2 is 1.65 bits per heavy atom. The van der Waals surface area contributed by atoms with Crippen molar-refractivity contribution in [1.29, 1.82) is 0 Å². The largest absolute Gasteiger partial charge is 0.206 e. The van der Waals surface area contributed by atoms with Crippen LogP contribution < -0.4 is 0 Å². The van der Waals surface area contributed by atoms with Crippen LogP contribution in [0.4, 0.5) is 4.39 Å². The van der Waals surface area contributed by atoms with Crippen molar-refractivity contribution in [2.45, 2.75) is 32.6 Å². The highest BCUT2D eigenvalue weighted by atomic mass is 19.1. The van der Waals surface area contributed by atoms with Crippen molar-refractivity contribution in [1.82, 2.24) is 0 Å². The van der Waals surface area contributed by atoms with E-state index in [0.717, 1.165) is 47.8 Å². The van der Waals surface area contributed by atoms with Crippen LogP contribution in [0.2, 0.25) is 0 Å². The Hall–Kier alpha value is -2.67. The molecule has 0 saturated heterocycles. The first-order chi connectivity index (χ1) is 12.7. The molecule has 0 saturated carbocycles. The van der Waals surface area contributed by atoms with Gasteiger partial charge in [0.25, 0.3) is 0 Å². The highest BCUT2D eigenvalue weighted by Gasteiger charge is 2.08. The number of hydrogen-bond acceptors (Lipinski definition) is 0. The molecule has 0 N–H and O–H groups in total. The molecule has 132 valence electrons. The van der Waals surface area contributed by atoms with E-state index in [1.54, 1.807) is 0 Å². The lowest BCUT2D eigenvalue weighted by molar-refractivity contribution is 0.621. The molecule has 3 aromatic carbocycles. The Morgan fingerprint density at radius 3 is 2.38 bits per heavy atom. The van der Waals surface area contributed by atoms with E-state index in [9.17, 15) is 4.39 Å². The minimum absolute atomic E-state index is 0.0849. The van der Waals surface area contributed by atoms with E-state index in [2.05, 4.69) is 43.0 Å². The molecule has 0 fully saturated rings. The van der Waals surface area contributed by atoms with E-state index < -0.39 is 0 Å². The third-order valence-corrected chi connectivity index (χ3v) is 4.77. The van der Waals surface area contributed by atoms with Crippen molar-refractivity contribution in [2.75, 3.05) is 0 Å². The summed E-state index contributed by atoms with van der Waals surface area (Å²) in [5, 5.41) is 1.65. The molecule has 0 aliphatic heterocycles. The lowest BCUT2D eigenvalue weighted by Crippen LogP contribution is -1.92. The predicted octanol–water partition coefficient (Wildman–Crippen LogP) is 7.27. The predicted molar refractivity (Wildman–Crippen MR) is 111 cm³/mol. The van der Waals surface area contributed by atoms with Crippen molar-refractivity contribution in [3.63, 3.8) is 0 Å². The third-order valence-electron chi connectivity index (χ3n) is 4.77. The van der Waals surface area contributed by atoms with Gasteiger partial charge in [-0.15, -0.1) is 6.58 Å². The second kappa shape index (κ2) is 8.62. The summed E-state index contributed by atoms with van der Waals surface area (Å²) >= 11 is 0. The average molecular weight is 344 g/mol. The van der Waals surface area contributed by atoms with Gasteiger partial charge < -0.3 is 0 Å². The Balaban J connectivity index is 1.87. The van der Waals surface area contributed by atoms with E-state index in [-0.39, 0.29) is 5.82 Å². The highest BCUT2D eigenvalue weighted by Crippen LogP contribution is 2.28. The maximum absolute atomic E-state index is 14.8. The van der Waals surface area contributed by atoms with E-state index in [1.165, 1.54) is 5.56 Å². The first-order valence-electron chi connectivity index (χ1n) is 9.25. The van der Waals surface area contributed by atoms with Crippen LogP contribution in [0.3, 0.4) is 0 Å². The molecular weight excluding hydrogens is 319 g/mol. The summed E-state index contributed by atoms with van der Waals surface area (Å²) in [5.41, 5.74) is 4.38. The molecule has 0 amide bonds. The fourth-order valence-corrected chi connectivity index (χ4v) is 3.25. The molecule has 26 heavy (non-hydrogen) atoms. The summed E-state index contributed by atoms with van der Waals surface area (Å²) in [5.74, 6) is -0.0849. The van der Waals surface area contributed by atoms with Crippen molar-refractivity contribution in [3.05, 3.63) is 96.3 Å². The Labute approximate surface area is 155 Å². The van der Waals surface area contributed by atoms with E-state index in [4.69, 9.17) is 0 Å². The molecule has 0 aliphatic rings. The number of aryl methyl sites for hydroxylation is 2. The van der Waals surface area contributed by atoms with E-state index in [1.807, 2.05) is 43.3 Å². The summed E-state index contributed by atoms with van der Waals surface area (Å²) < 4.78 is 14.8. The van der Waals surface area contributed by atoms with Gasteiger partial charge in [0, 0.05) is 5.39 Å². The fourth-order valence-electron chi connectivity index (χ4n) is 3.25. The van der Waals surface area contributed by atoms with Gasteiger partial charge in [0.05, 0.1) is 0 Å². The topological polar surface area (TPSA) is 0 Å². The summed E-state index contributed by atoms with van der Waals surface area (Å²) in [4.78, 5) is 0. The number of halogens is 1. The van der Waals surface area contributed by atoms with Gasteiger partial charge in [0.1, 0.15) is 5.82 Å². The molecule has 0 spiro atoms. The molecule has 0 aliphatic carbocycles. The maximum Gasteiger partial charge on any atom is 0.134 e. The van der Waals surface area contributed by atoms with Crippen molar-refractivity contribution in [3.8, 4) is 11.1 Å². The summed E-state index contributed by atoms with van der Waals surface area (Å²) in [6.45, 7) is 5.76. The summed E-state index contributed by atoms with van der Waals surface area (Å²) in [6.07, 6.45) is 9.64. The number of allylic oxidation sites excluding steroid dienone is 3. The highest BCUT2D eigenvalue weighted by molar-refractivity contribution is 5.88. The molecule has 0 heterocycles. The lowest BCUT2D eigenvalue weighted by Gasteiger charge is -2.09. The molecule has 0 radical (unpaired) electrons. The van der Waals surface area contributed by atoms with Gasteiger partial charge in [-0.05, 0) is 66.3 Å². The maximum atomic E-state index is 14.8. The van der Waals surface area contributed by atoms with Gasteiger partial charge in [-0.2, -0.15) is 0 Å². The molecule has 0 nitrogen and oxygen atoms in total. The minimum Gasteiger partial charge on any atom is -0.206 e. The van der Waals surface area contributed by atoms with Gasteiger partial charge in [-0.3, -0.25) is 0 Å². The Bertz CT molecular complexity index is 917. The zero-order valence-corrected chi connectivity index (χ0v) is 15.3. The standard InChI is InChI=1S/C25H25F/c1-3-5-7-9-21-14-15-23-18-22(16-17-24(23)25(21)26)20-12-10-19(11-13-20)8-6-4-2/h3-5,10-18H,2,6-9H2,1H3/b5-3+. The number of fused-ring (bicyclic) bond motifs is 1. The Kier molecular flexibility index (Phi) is 6.01. The quantitative estimate of drug-likeness (QED) is 0.395. The summed E-state index contributed by atoms with van der Waals surface area (Å²) in [7, 11) is 0. The molecule has 0 aromatic heterocycles. The molecule has 0 unspecified atom stereocenters. The second-order valence-corrected chi connectivity index (χ2v) is 6.61. The van der Waals surface area contributed by atoms with Crippen LogP contribution >= 0.6 is 0 Å². The minimum atomic E-state index is -0.0849. The van der Waals surface area contributed by atoms with E-state index >= 15 is 0 Å². The van der Waals surface area contributed by atoms with Gasteiger partial charge in [-0.25, -0.2) is 4.39 Å². The van der Waals surface area contributed by atoms with Crippen molar-refractivity contribution >= 4 is 10.8 Å². The van der Waals surface area contributed by atoms with Crippen LogP contribution in [-0.2, 0) is 12.8 Å². The number of benzene rings is 3. The Morgan fingerprint density at radius 1 is 0.885 bits per heavy atom. The zero-order valence-electron chi connectivity index (χ0n) is 15.3. The fraction of sp³-hybridized carbons (Fsp3) is 0.200. The molecule has 3 rings (SSSR count). The first-order valence-corrected chi connectivity index (χ1v) is 9.25. The molecule has 0 atom stereocenters. The zero-order chi connectivity index (χ0) is 18.4. The average Bonchev–Trinajstić information content (AvgIpc) is 2.68. The third kappa shape index (κ3) is 4.11. The van der Waals surface area contributed by atoms with Crippen LogP contribution in [0, 0.1) is 5.82 Å². The van der Waals surface area contributed by atoms with Crippen molar-refractivity contribution < 1.29 is 4.39 Å². The van der Waals surface area contributed by atoms with Crippen LogP contribution in [0.5, 0.6) is 0 Å². The van der Waals surface area contributed by atoms with Gasteiger partial charge >= 0.3 is 0 Å². The SMILES string of the molecule is C=CCCc1ccc(-c2ccc3c(F)c(CC/C=C/C)ccc3c2)cc1. The molecule has 1 heteroatoms. The van der Waals surface area contributed by atoms with Crippen LogP contribution in [-0.4, -0.2) is 0 Å². The smallest absolute Gasteiger partial charge is 0.134 e.